The molecule has 0 N–H and O–H groups in total. The van der Waals surface area contributed by atoms with Crippen LogP contribution < -0.4 is 15.9 Å². The number of benzene rings is 3. The molecule has 174 valence electrons. The minimum absolute atomic E-state index is 0.324. The van der Waals surface area contributed by atoms with E-state index in [1.54, 1.807) is 5.57 Å². The van der Waals surface area contributed by atoms with Gasteiger partial charge in [0.25, 0.3) is 0 Å². The number of allylic oxidation sites excluding steroid dienone is 6. The van der Waals surface area contributed by atoms with Gasteiger partial charge in [-0.2, -0.15) is 0 Å². The zero-order chi connectivity index (χ0) is 24.0. The highest BCUT2D eigenvalue weighted by atomic mass is 31.2. The lowest BCUT2D eigenvalue weighted by Gasteiger charge is -2.32. The Kier molecular flexibility index (Phi) is 7.70. The second kappa shape index (κ2) is 10.7. The number of hydrogen-bond acceptors (Lipinski definition) is 0. The summed E-state index contributed by atoms with van der Waals surface area (Å²) in [6, 6.07) is 33.4. The lowest BCUT2D eigenvalue weighted by Crippen LogP contribution is -2.33. The first-order valence-electron chi connectivity index (χ1n) is 12.5. The van der Waals surface area contributed by atoms with Gasteiger partial charge in [0.2, 0.25) is 0 Å². The first-order valence-corrected chi connectivity index (χ1v) is 14.5. The van der Waals surface area contributed by atoms with Crippen LogP contribution in [0.1, 0.15) is 47.0 Å². The van der Waals surface area contributed by atoms with Crippen molar-refractivity contribution in [2.75, 3.05) is 6.16 Å². The van der Waals surface area contributed by atoms with Gasteiger partial charge in [-0.25, -0.2) is 0 Å². The Bertz CT molecular complexity index is 1070. The van der Waals surface area contributed by atoms with Gasteiger partial charge in [-0.15, -0.1) is 0 Å². The summed E-state index contributed by atoms with van der Waals surface area (Å²) in [4.78, 5) is 0. The summed E-state index contributed by atoms with van der Waals surface area (Å²) in [5, 5.41) is 4.31. The molecule has 1 heteroatoms. The molecule has 0 atom stereocenters. The Morgan fingerprint density at radius 2 is 1.26 bits per heavy atom. The smallest absolute Gasteiger partial charge is 0.0645 e. The van der Waals surface area contributed by atoms with E-state index in [0.717, 1.165) is 6.16 Å². The normalized spacial score (nSPS) is 16.8. The fourth-order valence-electron chi connectivity index (χ4n) is 5.13. The molecule has 0 saturated heterocycles. The van der Waals surface area contributed by atoms with Gasteiger partial charge in [0.1, 0.15) is 23.2 Å². The quantitative estimate of drug-likeness (QED) is 0.245. The summed E-state index contributed by atoms with van der Waals surface area (Å²) in [5.41, 5.74) is 4.75. The van der Waals surface area contributed by atoms with Crippen LogP contribution >= 0.6 is 7.26 Å². The fourth-order valence-corrected chi connectivity index (χ4v) is 9.26. The van der Waals surface area contributed by atoms with E-state index in [2.05, 4.69) is 137 Å². The second-order valence-corrected chi connectivity index (χ2v) is 13.7. The summed E-state index contributed by atoms with van der Waals surface area (Å²) < 4.78 is 0. The number of hydrogen-bond donors (Lipinski definition) is 0. The van der Waals surface area contributed by atoms with Crippen LogP contribution in [0, 0.1) is 5.41 Å². The van der Waals surface area contributed by atoms with E-state index < -0.39 is 7.26 Å². The molecule has 0 nitrogen and oxygen atoms in total. The van der Waals surface area contributed by atoms with Crippen molar-refractivity contribution in [3.8, 4) is 0 Å². The molecule has 4 rings (SSSR count). The largest absolute Gasteiger partial charge is 0.115 e. The van der Waals surface area contributed by atoms with Gasteiger partial charge < -0.3 is 0 Å². The number of rotatable bonds is 7. The minimum Gasteiger partial charge on any atom is -0.0645 e. The average molecular weight is 466 g/mol. The van der Waals surface area contributed by atoms with Crippen LogP contribution in [0.3, 0.4) is 0 Å². The van der Waals surface area contributed by atoms with Crippen molar-refractivity contribution < 1.29 is 0 Å². The SMILES string of the molecule is CC1=C(/C=C/C(C)=C/C[P+](c2ccccc2)(c2ccccc2)c2ccccc2)CCCC1(C)C. The summed E-state index contributed by atoms with van der Waals surface area (Å²) >= 11 is 0. The van der Waals surface area contributed by atoms with Crippen LogP contribution in [0.5, 0.6) is 0 Å². The van der Waals surface area contributed by atoms with E-state index in [1.165, 1.54) is 46.3 Å². The van der Waals surface area contributed by atoms with Gasteiger partial charge in [0.05, 0.1) is 6.16 Å². The van der Waals surface area contributed by atoms with Crippen molar-refractivity contribution >= 4 is 23.2 Å². The third-order valence-corrected chi connectivity index (χ3v) is 11.8. The molecule has 0 heterocycles. The van der Waals surface area contributed by atoms with Crippen molar-refractivity contribution in [2.24, 2.45) is 5.41 Å². The molecule has 0 aromatic heterocycles. The molecule has 0 unspecified atom stereocenters. The van der Waals surface area contributed by atoms with Crippen molar-refractivity contribution in [3.63, 3.8) is 0 Å². The molecule has 3 aromatic rings. The third-order valence-electron chi connectivity index (χ3n) is 7.57. The van der Waals surface area contributed by atoms with Crippen LogP contribution in [0.4, 0.5) is 0 Å². The van der Waals surface area contributed by atoms with Crippen molar-refractivity contribution in [2.45, 2.75) is 47.0 Å². The van der Waals surface area contributed by atoms with Gasteiger partial charge in [-0.1, -0.05) is 91.7 Å². The molecule has 34 heavy (non-hydrogen) atoms. The lowest BCUT2D eigenvalue weighted by atomic mass is 9.73. The van der Waals surface area contributed by atoms with E-state index in [9.17, 15) is 0 Å². The monoisotopic (exact) mass is 465 g/mol. The molecule has 0 bridgehead atoms. The summed E-state index contributed by atoms with van der Waals surface area (Å²) in [5.74, 6) is 0. The molecule has 3 aromatic carbocycles. The Morgan fingerprint density at radius 3 is 1.74 bits per heavy atom. The van der Waals surface area contributed by atoms with Crippen molar-refractivity contribution in [1.82, 2.24) is 0 Å². The molecule has 0 amide bonds. The predicted molar refractivity (Wildman–Crippen MR) is 153 cm³/mol. The van der Waals surface area contributed by atoms with Crippen LogP contribution in [0.2, 0.25) is 0 Å². The molecule has 0 spiro atoms. The Morgan fingerprint density at radius 1 is 0.794 bits per heavy atom. The Hall–Kier alpha value is -2.69. The van der Waals surface area contributed by atoms with E-state index in [0.29, 0.717) is 5.41 Å². The van der Waals surface area contributed by atoms with Gasteiger partial charge in [-0.05, 0) is 86.6 Å². The molecular formula is C33H38P+. The molecular weight excluding hydrogens is 427 g/mol. The maximum Gasteiger partial charge on any atom is 0.115 e. The lowest BCUT2D eigenvalue weighted by molar-refractivity contribution is 0.370. The van der Waals surface area contributed by atoms with Crippen LogP contribution in [0.15, 0.2) is 126 Å². The summed E-state index contributed by atoms with van der Waals surface area (Å²) in [6.07, 6.45) is 12.0. The molecule has 0 fully saturated rings. The van der Waals surface area contributed by atoms with E-state index in [4.69, 9.17) is 0 Å². The van der Waals surface area contributed by atoms with Crippen molar-refractivity contribution in [1.29, 1.82) is 0 Å². The molecule has 0 aliphatic heterocycles. The maximum atomic E-state index is 2.47. The molecule has 0 radical (unpaired) electrons. The first kappa shape index (κ1) is 24.4. The van der Waals surface area contributed by atoms with E-state index in [1.807, 2.05) is 0 Å². The second-order valence-electron chi connectivity index (χ2n) is 10.2. The van der Waals surface area contributed by atoms with Crippen LogP contribution in [0.25, 0.3) is 0 Å². The zero-order valence-electron chi connectivity index (χ0n) is 21.2. The Labute approximate surface area is 207 Å². The fraction of sp³-hybridized carbons (Fsp3) is 0.273. The topological polar surface area (TPSA) is 0 Å². The highest BCUT2D eigenvalue weighted by Crippen LogP contribution is 2.55. The highest BCUT2D eigenvalue weighted by Gasteiger charge is 2.44. The third kappa shape index (κ3) is 5.18. The van der Waals surface area contributed by atoms with E-state index >= 15 is 0 Å². The van der Waals surface area contributed by atoms with Gasteiger partial charge >= 0.3 is 0 Å². The highest BCUT2D eigenvalue weighted by molar-refractivity contribution is 7.95. The molecule has 1 aliphatic carbocycles. The standard InChI is InChI=1S/C33H38P/c1-27(22-23-29-15-14-25-33(3,4)28(29)2)24-26-34(30-16-8-5-9-17-30,31-18-10-6-11-19-31)32-20-12-7-13-21-32/h5-13,16-24H,14-15,25-26H2,1-4H3/q+1/b23-22+,27-24+. The molecule has 1 aliphatic rings. The van der Waals surface area contributed by atoms with E-state index in [-0.39, 0.29) is 0 Å². The maximum absolute atomic E-state index is 2.47. The first-order chi connectivity index (χ1) is 16.4. The van der Waals surface area contributed by atoms with Gasteiger partial charge in [0, 0.05) is 0 Å². The molecule has 0 saturated carbocycles. The van der Waals surface area contributed by atoms with Crippen LogP contribution in [-0.4, -0.2) is 6.16 Å². The van der Waals surface area contributed by atoms with Crippen molar-refractivity contribution in [3.05, 3.63) is 126 Å². The minimum atomic E-state index is -1.82. The van der Waals surface area contributed by atoms with Gasteiger partial charge in [-0.3, -0.25) is 0 Å². The Balaban J connectivity index is 1.76. The zero-order valence-corrected chi connectivity index (χ0v) is 22.1. The predicted octanol–water partition coefficient (Wildman–Crippen LogP) is 8.01. The summed E-state index contributed by atoms with van der Waals surface area (Å²) in [6.45, 7) is 9.36. The summed E-state index contributed by atoms with van der Waals surface area (Å²) in [7, 11) is -1.82. The van der Waals surface area contributed by atoms with Crippen LogP contribution in [-0.2, 0) is 0 Å². The van der Waals surface area contributed by atoms with Gasteiger partial charge in [0.15, 0.2) is 0 Å². The average Bonchev–Trinajstić information content (AvgIpc) is 2.87.